The highest BCUT2D eigenvalue weighted by Gasteiger charge is 2.33. The largest absolute Gasteiger partial charge is 0.480 e. The van der Waals surface area contributed by atoms with Crippen LogP contribution in [0, 0.1) is 5.41 Å². The van der Waals surface area contributed by atoms with Gasteiger partial charge in [-0.15, -0.1) is 5.10 Å². The Balaban J connectivity index is 2.89. The fourth-order valence-corrected chi connectivity index (χ4v) is 2.11. The Morgan fingerprint density at radius 1 is 1.44 bits per heavy atom. The van der Waals surface area contributed by atoms with Crippen LogP contribution in [0.3, 0.4) is 0 Å². The van der Waals surface area contributed by atoms with Crippen molar-refractivity contribution in [3.63, 3.8) is 0 Å². The first kappa shape index (κ1) is 14.6. The normalized spacial score (nSPS) is 13.1. The maximum Gasteiger partial charge on any atom is 0.326 e. The van der Waals surface area contributed by atoms with Gasteiger partial charge in [0.1, 0.15) is 10.9 Å². The van der Waals surface area contributed by atoms with Gasteiger partial charge in [-0.1, -0.05) is 32.2 Å². The number of aromatic nitrogens is 2. The molecule has 0 aliphatic rings. The van der Waals surface area contributed by atoms with Crippen LogP contribution in [0.4, 0.5) is 0 Å². The molecule has 0 aliphatic carbocycles. The molecular formula is C11H17N3O3S. The number of carbonyl (C=O) groups excluding carboxylic acids is 1. The summed E-state index contributed by atoms with van der Waals surface area (Å²) in [4.78, 5) is 23.5. The first-order valence-electron chi connectivity index (χ1n) is 5.62. The summed E-state index contributed by atoms with van der Waals surface area (Å²) in [5.74, 6) is -1.48. The molecule has 0 aromatic carbocycles. The molecule has 0 saturated heterocycles. The van der Waals surface area contributed by atoms with Crippen molar-refractivity contribution in [2.45, 2.75) is 40.2 Å². The van der Waals surface area contributed by atoms with Crippen LogP contribution in [0.5, 0.6) is 0 Å². The molecule has 2 N–H and O–H groups in total. The Morgan fingerprint density at radius 2 is 2.06 bits per heavy atom. The van der Waals surface area contributed by atoms with Crippen molar-refractivity contribution < 1.29 is 14.7 Å². The number of hydrogen-bond donors (Lipinski definition) is 2. The lowest BCUT2D eigenvalue weighted by Crippen LogP contribution is -2.49. The molecular weight excluding hydrogens is 254 g/mol. The van der Waals surface area contributed by atoms with E-state index in [-0.39, 0.29) is 0 Å². The van der Waals surface area contributed by atoms with Crippen LogP contribution < -0.4 is 5.32 Å². The van der Waals surface area contributed by atoms with Crippen LogP contribution in [0.15, 0.2) is 0 Å². The summed E-state index contributed by atoms with van der Waals surface area (Å²) >= 11 is 0.980. The van der Waals surface area contributed by atoms with Crippen molar-refractivity contribution in [3.05, 3.63) is 10.6 Å². The van der Waals surface area contributed by atoms with Crippen molar-refractivity contribution in [1.82, 2.24) is 14.9 Å². The Kier molecular flexibility index (Phi) is 4.39. The molecule has 0 unspecified atom stereocenters. The van der Waals surface area contributed by atoms with Crippen LogP contribution in [0.1, 0.15) is 43.1 Å². The maximum absolute atomic E-state index is 12.0. The van der Waals surface area contributed by atoms with E-state index in [0.29, 0.717) is 17.0 Å². The molecule has 6 nitrogen and oxygen atoms in total. The number of aryl methyl sites for hydroxylation is 1. The molecule has 100 valence electrons. The highest BCUT2D eigenvalue weighted by Crippen LogP contribution is 2.20. The Bertz CT molecular complexity index is 451. The fourth-order valence-electron chi connectivity index (χ4n) is 1.46. The number of amides is 1. The molecule has 18 heavy (non-hydrogen) atoms. The van der Waals surface area contributed by atoms with Crippen LogP contribution in [0.2, 0.25) is 0 Å². The molecule has 1 aromatic heterocycles. The maximum atomic E-state index is 12.0. The van der Waals surface area contributed by atoms with Gasteiger partial charge in [-0.05, 0) is 23.4 Å². The van der Waals surface area contributed by atoms with Gasteiger partial charge in [0, 0.05) is 0 Å². The number of carboxylic acids is 1. The zero-order chi connectivity index (χ0) is 13.9. The highest BCUT2D eigenvalue weighted by molar-refractivity contribution is 7.08. The fraction of sp³-hybridized carbons (Fsp3) is 0.636. The van der Waals surface area contributed by atoms with Gasteiger partial charge in [0.05, 0.1) is 5.69 Å². The predicted molar refractivity (Wildman–Crippen MR) is 67.6 cm³/mol. The van der Waals surface area contributed by atoms with E-state index in [2.05, 4.69) is 14.9 Å². The number of hydrogen-bond acceptors (Lipinski definition) is 5. The molecule has 1 aromatic rings. The third kappa shape index (κ3) is 3.25. The van der Waals surface area contributed by atoms with Crippen molar-refractivity contribution in [1.29, 1.82) is 0 Å². The molecule has 0 bridgehead atoms. The third-order valence-electron chi connectivity index (χ3n) is 2.49. The Hall–Kier alpha value is -1.50. The van der Waals surface area contributed by atoms with Gasteiger partial charge in [0.25, 0.3) is 5.91 Å². The average Bonchev–Trinajstić information content (AvgIpc) is 2.71. The van der Waals surface area contributed by atoms with Gasteiger partial charge in [-0.3, -0.25) is 4.79 Å². The van der Waals surface area contributed by atoms with Gasteiger partial charge in [0.2, 0.25) is 0 Å². The van der Waals surface area contributed by atoms with Gasteiger partial charge in [0.15, 0.2) is 0 Å². The minimum Gasteiger partial charge on any atom is -0.480 e. The Morgan fingerprint density at radius 3 is 2.50 bits per heavy atom. The van der Waals surface area contributed by atoms with Crippen molar-refractivity contribution >= 4 is 23.4 Å². The van der Waals surface area contributed by atoms with Gasteiger partial charge < -0.3 is 10.4 Å². The van der Waals surface area contributed by atoms with Gasteiger partial charge in [-0.2, -0.15) is 0 Å². The van der Waals surface area contributed by atoms with Crippen LogP contribution in [-0.4, -0.2) is 32.6 Å². The predicted octanol–water partition coefficient (Wildman–Crippen LogP) is 1.33. The molecule has 0 fully saturated rings. The first-order chi connectivity index (χ1) is 8.27. The second-order valence-electron chi connectivity index (χ2n) is 5.01. The lowest BCUT2D eigenvalue weighted by molar-refractivity contribution is -0.142. The number of carbonyl (C=O) groups is 2. The van der Waals surface area contributed by atoms with Crippen molar-refractivity contribution in [2.75, 3.05) is 0 Å². The van der Waals surface area contributed by atoms with E-state index in [1.54, 1.807) is 20.8 Å². The molecule has 1 heterocycles. The number of rotatable bonds is 4. The second kappa shape index (κ2) is 5.43. The van der Waals surface area contributed by atoms with E-state index in [4.69, 9.17) is 5.11 Å². The molecule has 7 heteroatoms. The molecule has 0 saturated carbocycles. The topological polar surface area (TPSA) is 92.2 Å². The number of nitrogens with one attached hydrogen (secondary N) is 1. The summed E-state index contributed by atoms with van der Waals surface area (Å²) in [6.45, 7) is 7.15. The van der Waals surface area contributed by atoms with Crippen molar-refractivity contribution in [2.24, 2.45) is 5.41 Å². The summed E-state index contributed by atoms with van der Waals surface area (Å²) in [7, 11) is 0. The van der Waals surface area contributed by atoms with Crippen molar-refractivity contribution in [3.8, 4) is 0 Å². The summed E-state index contributed by atoms with van der Waals surface area (Å²) in [6, 6.07) is -0.947. The lowest BCUT2D eigenvalue weighted by Gasteiger charge is -2.27. The van der Waals surface area contributed by atoms with E-state index in [1.807, 2.05) is 6.92 Å². The van der Waals surface area contributed by atoms with E-state index >= 15 is 0 Å². The standard InChI is InChI=1S/C11H17N3O3S/c1-5-6-7(18-14-13-6)9(15)12-8(10(16)17)11(2,3)4/h8H,5H2,1-4H3,(H,12,15)(H,16,17)/t8-/m0/s1. The van der Waals surface area contributed by atoms with Gasteiger partial charge in [-0.25, -0.2) is 4.79 Å². The molecule has 0 radical (unpaired) electrons. The smallest absolute Gasteiger partial charge is 0.326 e. The average molecular weight is 271 g/mol. The van der Waals surface area contributed by atoms with E-state index in [0.717, 1.165) is 11.5 Å². The SMILES string of the molecule is CCc1nnsc1C(=O)N[C@@H](C(=O)O)C(C)(C)C. The molecule has 1 rings (SSSR count). The Labute approximate surface area is 110 Å². The summed E-state index contributed by atoms with van der Waals surface area (Å²) in [6.07, 6.45) is 0.590. The summed E-state index contributed by atoms with van der Waals surface area (Å²) < 4.78 is 3.71. The van der Waals surface area contributed by atoms with E-state index in [9.17, 15) is 9.59 Å². The monoisotopic (exact) mass is 271 g/mol. The first-order valence-corrected chi connectivity index (χ1v) is 6.39. The lowest BCUT2D eigenvalue weighted by atomic mass is 9.86. The number of carboxylic acid groups (broad SMARTS) is 1. The summed E-state index contributed by atoms with van der Waals surface area (Å²) in [5, 5.41) is 15.5. The van der Waals surface area contributed by atoms with Crippen LogP contribution in [-0.2, 0) is 11.2 Å². The summed E-state index contributed by atoms with van der Waals surface area (Å²) in [5.41, 5.74) is 0.0296. The minimum absolute atomic E-state index is 0.382. The zero-order valence-corrected chi connectivity index (χ0v) is 11.7. The second-order valence-corrected chi connectivity index (χ2v) is 5.77. The van der Waals surface area contributed by atoms with E-state index in [1.165, 1.54) is 0 Å². The minimum atomic E-state index is -1.05. The number of nitrogens with zero attached hydrogens (tertiary/aromatic N) is 2. The third-order valence-corrected chi connectivity index (χ3v) is 3.25. The van der Waals surface area contributed by atoms with Gasteiger partial charge >= 0.3 is 5.97 Å². The number of aliphatic carboxylic acids is 1. The molecule has 1 amide bonds. The molecule has 0 aliphatic heterocycles. The molecule has 0 spiro atoms. The van der Waals surface area contributed by atoms with Crippen LogP contribution in [0.25, 0.3) is 0 Å². The molecule has 1 atom stereocenters. The van der Waals surface area contributed by atoms with Crippen LogP contribution >= 0.6 is 11.5 Å². The van der Waals surface area contributed by atoms with E-state index < -0.39 is 23.3 Å². The quantitative estimate of drug-likeness (QED) is 0.862. The highest BCUT2D eigenvalue weighted by atomic mass is 32.1. The zero-order valence-electron chi connectivity index (χ0n) is 10.9.